The Labute approximate surface area is 211 Å². The van der Waals surface area contributed by atoms with Crippen LogP contribution in [0.1, 0.15) is 37.5 Å². The predicted octanol–water partition coefficient (Wildman–Crippen LogP) is 3.85. The van der Waals surface area contributed by atoms with Crippen LogP contribution in [0.3, 0.4) is 0 Å². The van der Waals surface area contributed by atoms with Crippen LogP contribution in [0, 0.1) is 0 Å². The first-order valence-electron chi connectivity index (χ1n) is 11.3. The van der Waals surface area contributed by atoms with Gasteiger partial charge >= 0.3 is 0 Å². The number of benzene rings is 2. The number of halogens is 1. The number of ketones is 2. The van der Waals surface area contributed by atoms with Crippen LogP contribution >= 0.6 is 15.9 Å². The van der Waals surface area contributed by atoms with Gasteiger partial charge in [-0.05, 0) is 24.3 Å². The van der Waals surface area contributed by atoms with Gasteiger partial charge in [-0.1, -0.05) is 46.3 Å². The summed E-state index contributed by atoms with van der Waals surface area (Å²) in [6.45, 7) is 1.98. The fourth-order valence-electron chi connectivity index (χ4n) is 4.17. The summed E-state index contributed by atoms with van der Waals surface area (Å²) < 4.78 is 15.8. The van der Waals surface area contributed by atoms with Crippen molar-refractivity contribution in [1.29, 1.82) is 0 Å². The van der Waals surface area contributed by atoms with E-state index in [1.165, 1.54) is 0 Å². The van der Waals surface area contributed by atoms with E-state index < -0.39 is 0 Å². The molecule has 4 aromatic rings. The lowest BCUT2D eigenvalue weighted by Gasteiger charge is -2.22. The van der Waals surface area contributed by atoms with Gasteiger partial charge in [0.15, 0.2) is 5.78 Å². The zero-order chi connectivity index (χ0) is 24.2. The average molecular weight is 533 g/mol. The minimum Gasteiger partial charge on any atom is -0.492 e. The van der Waals surface area contributed by atoms with Crippen LogP contribution in [-0.2, 0) is 13.1 Å². The van der Waals surface area contributed by atoms with Gasteiger partial charge < -0.3 is 9.47 Å². The Kier molecular flexibility index (Phi) is 6.72. The van der Waals surface area contributed by atoms with Crippen LogP contribution in [0.2, 0.25) is 0 Å². The van der Waals surface area contributed by atoms with Crippen molar-refractivity contribution in [2.45, 2.75) is 13.1 Å². The highest BCUT2D eigenvalue weighted by molar-refractivity contribution is 9.09. The number of rotatable bonds is 9. The molecule has 1 aliphatic rings. The van der Waals surface area contributed by atoms with Gasteiger partial charge in [-0.25, -0.2) is 9.13 Å². The van der Waals surface area contributed by atoms with Gasteiger partial charge in [0.1, 0.15) is 43.6 Å². The molecule has 35 heavy (non-hydrogen) atoms. The lowest BCUT2D eigenvalue weighted by molar-refractivity contribution is -0.688. The molecule has 0 unspecified atom stereocenters. The Bertz CT molecular complexity index is 1380. The fourth-order valence-corrected chi connectivity index (χ4v) is 4.33. The van der Waals surface area contributed by atoms with Crippen molar-refractivity contribution in [1.82, 2.24) is 9.55 Å². The van der Waals surface area contributed by atoms with Crippen LogP contribution in [0.15, 0.2) is 79.5 Å². The number of hydrogen-bond donors (Lipinski definition) is 0. The van der Waals surface area contributed by atoms with Gasteiger partial charge in [0.2, 0.25) is 12.1 Å². The molecule has 0 amide bonds. The number of ether oxygens (including phenoxy) is 2. The smallest absolute Gasteiger partial charge is 0.244 e. The van der Waals surface area contributed by atoms with E-state index in [1.54, 1.807) is 42.6 Å². The molecule has 5 rings (SSSR count). The van der Waals surface area contributed by atoms with Gasteiger partial charge in [-0.3, -0.25) is 14.6 Å². The van der Waals surface area contributed by atoms with Crippen molar-refractivity contribution < 1.29 is 23.6 Å². The first-order chi connectivity index (χ1) is 17.2. The van der Waals surface area contributed by atoms with E-state index in [0.29, 0.717) is 59.8 Å². The first kappa shape index (κ1) is 23.0. The molecule has 2 aromatic carbocycles. The van der Waals surface area contributed by atoms with Crippen LogP contribution in [-0.4, -0.2) is 39.7 Å². The van der Waals surface area contributed by atoms with E-state index in [0.717, 1.165) is 5.69 Å². The van der Waals surface area contributed by atoms with Crippen LogP contribution in [0.25, 0.3) is 0 Å². The highest BCUT2D eigenvalue weighted by Gasteiger charge is 2.34. The summed E-state index contributed by atoms with van der Waals surface area (Å²) in [5, 5.41) is 0.616. The summed E-state index contributed by atoms with van der Waals surface area (Å²) in [7, 11) is 0. The van der Waals surface area contributed by atoms with Crippen molar-refractivity contribution >= 4 is 27.5 Å². The second-order valence-electron chi connectivity index (χ2n) is 8.05. The highest BCUT2D eigenvalue weighted by Crippen LogP contribution is 2.37. The molecule has 0 saturated carbocycles. The van der Waals surface area contributed by atoms with Gasteiger partial charge in [-0.2, -0.15) is 0 Å². The van der Waals surface area contributed by atoms with Gasteiger partial charge in [0.25, 0.3) is 0 Å². The topological polar surface area (TPSA) is 74.3 Å². The van der Waals surface area contributed by atoms with E-state index in [-0.39, 0.29) is 17.1 Å². The molecule has 0 radical (unpaired) electrons. The summed E-state index contributed by atoms with van der Waals surface area (Å²) in [4.78, 5) is 31.1. The van der Waals surface area contributed by atoms with E-state index in [4.69, 9.17) is 9.47 Å². The third-order valence-corrected chi connectivity index (χ3v) is 6.08. The molecule has 0 bridgehead atoms. The Balaban J connectivity index is 1.32. The van der Waals surface area contributed by atoms with Crippen molar-refractivity contribution in [3.05, 3.63) is 107 Å². The second kappa shape index (κ2) is 10.2. The number of alkyl halides is 1. The standard InChI is InChI=1S/C27H23BrN3O4/c28-10-15-34-22-8-3-6-20-24(22)27(33)25-21(26(20)32)7-4-9-23(25)35-16-14-30-12-13-31(18-30)17-19-5-1-2-11-29-19/h1-9,11-13,18H,10,14-17H2/q+1. The number of carbonyl (C=O) groups is 2. The molecule has 0 fully saturated rings. The van der Waals surface area contributed by atoms with E-state index in [9.17, 15) is 9.59 Å². The Morgan fingerprint density at radius 2 is 1.57 bits per heavy atom. The Morgan fingerprint density at radius 3 is 2.23 bits per heavy atom. The summed E-state index contributed by atoms with van der Waals surface area (Å²) in [5.74, 6) is 0.343. The van der Waals surface area contributed by atoms with E-state index in [1.807, 2.05) is 46.1 Å². The maximum Gasteiger partial charge on any atom is 0.244 e. The van der Waals surface area contributed by atoms with Gasteiger partial charge in [0.05, 0.1) is 23.4 Å². The molecule has 176 valence electrons. The molecule has 2 aromatic heterocycles. The molecule has 0 saturated heterocycles. The number of pyridine rings is 1. The Hall–Kier alpha value is -3.78. The average Bonchev–Trinajstić information content (AvgIpc) is 3.33. The first-order valence-corrected chi connectivity index (χ1v) is 12.4. The summed E-state index contributed by atoms with van der Waals surface area (Å²) in [5.41, 5.74) is 2.27. The summed E-state index contributed by atoms with van der Waals surface area (Å²) in [6.07, 6.45) is 7.71. The molecular weight excluding hydrogens is 510 g/mol. The molecule has 0 spiro atoms. The fraction of sp³-hybridized carbons (Fsp3) is 0.185. The zero-order valence-electron chi connectivity index (χ0n) is 18.9. The van der Waals surface area contributed by atoms with Crippen molar-refractivity contribution in [2.75, 3.05) is 18.5 Å². The van der Waals surface area contributed by atoms with Gasteiger partial charge in [-0.15, -0.1) is 0 Å². The maximum absolute atomic E-state index is 13.5. The minimum atomic E-state index is -0.260. The van der Waals surface area contributed by atoms with Crippen LogP contribution in [0.5, 0.6) is 11.5 Å². The molecule has 7 nitrogen and oxygen atoms in total. The monoisotopic (exact) mass is 532 g/mol. The molecule has 0 N–H and O–H groups in total. The predicted molar refractivity (Wildman–Crippen MR) is 132 cm³/mol. The summed E-state index contributed by atoms with van der Waals surface area (Å²) >= 11 is 3.33. The molecule has 2 heterocycles. The number of fused-ring (bicyclic) bond motifs is 2. The molecular formula is C27H23BrN3O4+. The Morgan fingerprint density at radius 1 is 0.857 bits per heavy atom. The number of nitrogens with zero attached hydrogens (tertiary/aromatic N) is 3. The molecule has 1 aliphatic carbocycles. The SMILES string of the molecule is O=C1c2cccc(OCCBr)c2C(=O)c2c(OCCn3cc[n+](Cc4ccccn4)c3)cccc21. The summed E-state index contributed by atoms with van der Waals surface area (Å²) in [6, 6.07) is 16.1. The molecule has 0 aliphatic heterocycles. The van der Waals surface area contributed by atoms with Crippen LogP contribution in [0.4, 0.5) is 0 Å². The van der Waals surface area contributed by atoms with Crippen molar-refractivity contribution in [2.24, 2.45) is 0 Å². The number of carbonyl (C=O) groups excluding carboxylic acids is 2. The largest absolute Gasteiger partial charge is 0.492 e. The molecule has 0 atom stereocenters. The van der Waals surface area contributed by atoms with E-state index >= 15 is 0 Å². The van der Waals surface area contributed by atoms with Crippen LogP contribution < -0.4 is 14.0 Å². The second-order valence-corrected chi connectivity index (χ2v) is 8.84. The number of aromatic nitrogens is 3. The third-order valence-electron chi connectivity index (χ3n) is 5.75. The zero-order valence-corrected chi connectivity index (χ0v) is 20.5. The number of imidazole rings is 1. The quantitative estimate of drug-likeness (QED) is 0.213. The third kappa shape index (κ3) is 4.74. The normalized spacial score (nSPS) is 12.3. The van der Waals surface area contributed by atoms with E-state index in [2.05, 4.69) is 20.9 Å². The molecule has 8 heteroatoms. The van der Waals surface area contributed by atoms with Crippen molar-refractivity contribution in [3.8, 4) is 11.5 Å². The lowest BCUT2D eigenvalue weighted by Crippen LogP contribution is -2.32. The maximum atomic E-state index is 13.5. The minimum absolute atomic E-state index is 0.203. The van der Waals surface area contributed by atoms with Gasteiger partial charge in [0, 0.05) is 22.7 Å². The lowest BCUT2D eigenvalue weighted by atomic mass is 9.83. The number of hydrogen-bond acceptors (Lipinski definition) is 5. The van der Waals surface area contributed by atoms with Crippen molar-refractivity contribution in [3.63, 3.8) is 0 Å². The highest BCUT2D eigenvalue weighted by atomic mass is 79.9.